The maximum absolute atomic E-state index is 12.8. The highest BCUT2D eigenvalue weighted by Gasteiger charge is 2.34. The molecule has 4 aromatic rings. The molecule has 4 rings (SSSR count). The summed E-state index contributed by atoms with van der Waals surface area (Å²) in [4.78, 5) is 27.8. The molecule has 34 heavy (non-hydrogen) atoms. The highest BCUT2D eigenvalue weighted by Crippen LogP contribution is 2.36. The summed E-state index contributed by atoms with van der Waals surface area (Å²) in [6.07, 6.45) is -6.63. The minimum atomic E-state index is -4.53. The van der Waals surface area contributed by atoms with Crippen LogP contribution in [0.4, 0.5) is 26.3 Å². The molecule has 0 saturated heterocycles. The second-order valence-corrected chi connectivity index (χ2v) is 6.76. The van der Waals surface area contributed by atoms with E-state index in [0.717, 1.165) is 18.3 Å². The fourth-order valence-electron chi connectivity index (χ4n) is 3.08. The number of rotatable bonds is 3. The van der Waals surface area contributed by atoms with Gasteiger partial charge in [-0.25, -0.2) is 4.79 Å². The van der Waals surface area contributed by atoms with Gasteiger partial charge in [0.2, 0.25) is 0 Å². The molecule has 0 saturated carbocycles. The van der Waals surface area contributed by atoms with Crippen LogP contribution >= 0.6 is 0 Å². The van der Waals surface area contributed by atoms with Gasteiger partial charge in [-0.15, -0.1) is 0 Å². The summed E-state index contributed by atoms with van der Waals surface area (Å²) in [5.74, 6) is -1.16. The molecule has 12 heteroatoms. The van der Waals surface area contributed by atoms with Gasteiger partial charge in [-0.3, -0.25) is 9.78 Å². The first-order chi connectivity index (χ1) is 15.9. The third kappa shape index (κ3) is 5.45. The summed E-state index contributed by atoms with van der Waals surface area (Å²) >= 11 is 0. The molecule has 2 heterocycles. The lowest BCUT2D eigenvalue weighted by Gasteiger charge is -2.11. The lowest BCUT2D eigenvalue weighted by atomic mass is 10.1. The number of carboxylic acids is 1. The van der Waals surface area contributed by atoms with Crippen molar-refractivity contribution in [3.63, 3.8) is 0 Å². The lowest BCUT2D eigenvalue weighted by Crippen LogP contribution is -2.10. The molecular formula is C22H14F6N2O4. The van der Waals surface area contributed by atoms with Gasteiger partial charge in [-0.05, 0) is 30.3 Å². The van der Waals surface area contributed by atoms with Crippen LogP contribution in [0.25, 0.3) is 21.8 Å². The standard InChI is InChI=1S/C12H8F3NO3.C10H6F3NO/c13-12(14,15)8-3-1-2-7-9(19-6-10(17)18)4-5-16-11(7)8;11-10(12,13)7-3-1-2-6-8(15)4-5-14-9(6)7/h1-5H,6H2,(H,17,18);1-5H,(H,14,15). The SMILES string of the molecule is O=C(O)COc1ccnc2c(C(F)(F)F)cccc12.O=c1cc[nH]c2c(C(F)(F)F)cccc12. The predicted octanol–water partition coefficient (Wildman–Crippen LogP) is 5.26. The quantitative estimate of drug-likeness (QED) is 0.387. The Morgan fingerprint density at radius 3 is 2.15 bits per heavy atom. The largest absolute Gasteiger partial charge is 0.481 e. The van der Waals surface area contributed by atoms with Gasteiger partial charge in [0, 0.05) is 29.2 Å². The summed E-state index contributed by atoms with van der Waals surface area (Å²) < 4.78 is 80.9. The van der Waals surface area contributed by atoms with E-state index in [-0.39, 0.29) is 27.6 Å². The number of ether oxygens (including phenoxy) is 1. The molecule has 0 amide bonds. The number of aromatic nitrogens is 2. The van der Waals surface area contributed by atoms with E-state index in [1.807, 2.05) is 0 Å². The van der Waals surface area contributed by atoms with Crippen molar-refractivity contribution in [3.05, 3.63) is 82.3 Å². The van der Waals surface area contributed by atoms with Crippen LogP contribution in [0.15, 0.2) is 65.7 Å². The first-order valence-corrected chi connectivity index (χ1v) is 9.36. The molecule has 2 aromatic carbocycles. The Morgan fingerprint density at radius 2 is 1.53 bits per heavy atom. The zero-order chi connectivity index (χ0) is 25.1. The smallest absolute Gasteiger partial charge is 0.418 e. The highest BCUT2D eigenvalue weighted by atomic mass is 19.4. The average molecular weight is 484 g/mol. The summed E-state index contributed by atoms with van der Waals surface area (Å²) in [6, 6.07) is 9.58. The number of hydrogen-bond donors (Lipinski definition) is 2. The van der Waals surface area contributed by atoms with Crippen molar-refractivity contribution in [3.8, 4) is 5.75 Å². The van der Waals surface area contributed by atoms with E-state index < -0.39 is 41.5 Å². The molecule has 0 atom stereocenters. The molecule has 0 radical (unpaired) electrons. The Morgan fingerprint density at radius 1 is 0.912 bits per heavy atom. The van der Waals surface area contributed by atoms with E-state index in [4.69, 9.17) is 9.84 Å². The Bertz CT molecular complexity index is 1400. The van der Waals surface area contributed by atoms with E-state index in [0.29, 0.717) is 0 Å². The number of alkyl halides is 6. The zero-order valence-electron chi connectivity index (χ0n) is 16.9. The maximum Gasteiger partial charge on any atom is 0.418 e. The van der Waals surface area contributed by atoms with Crippen molar-refractivity contribution in [2.24, 2.45) is 0 Å². The van der Waals surface area contributed by atoms with E-state index in [1.54, 1.807) is 0 Å². The van der Waals surface area contributed by atoms with Crippen LogP contribution < -0.4 is 10.2 Å². The monoisotopic (exact) mass is 484 g/mol. The number of pyridine rings is 2. The van der Waals surface area contributed by atoms with Gasteiger partial charge in [0.15, 0.2) is 12.0 Å². The molecule has 0 spiro atoms. The summed E-state index contributed by atoms with van der Waals surface area (Å²) in [5.41, 5.74) is -2.56. The van der Waals surface area contributed by atoms with Gasteiger partial charge in [0.1, 0.15) is 5.75 Å². The van der Waals surface area contributed by atoms with E-state index >= 15 is 0 Å². The highest BCUT2D eigenvalue weighted by molar-refractivity contribution is 5.88. The van der Waals surface area contributed by atoms with Crippen molar-refractivity contribution in [2.45, 2.75) is 12.4 Å². The number of carboxylic acid groups (broad SMARTS) is 1. The molecule has 0 unspecified atom stereocenters. The number of aromatic amines is 1. The normalized spacial score (nSPS) is 11.7. The van der Waals surface area contributed by atoms with Gasteiger partial charge in [-0.1, -0.05) is 12.1 Å². The number of nitrogens with one attached hydrogen (secondary N) is 1. The van der Waals surface area contributed by atoms with Gasteiger partial charge >= 0.3 is 18.3 Å². The molecule has 0 aliphatic heterocycles. The van der Waals surface area contributed by atoms with Crippen LogP contribution in [0.2, 0.25) is 0 Å². The summed E-state index contributed by atoms with van der Waals surface area (Å²) in [5, 5.41) is 8.68. The van der Waals surface area contributed by atoms with Gasteiger partial charge in [-0.2, -0.15) is 26.3 Å². The lowest BCUT2D eigenvalue weighted by molar-refractivity contribution is -0.139. The van der Waals surface area contributed by atoms with Crippen LogP contribution in [-0.4, -0.2) is 27.7 Å². The van der Waals surface area contributed by atoms with E-state index in [1.165, 1.54) is 42.6 Å². The molecular weight excluding hydrogens is 470 g/mol. The topological polar surface area (TPSA) is 92.3 Å². The van der Waals surface area contributed by atoms with Crippen molar-refractivity contribution in [2.75, 3.05) is 6.61 Å². The molecule has 0 bridgehead atoms. The number of nitrogens with zero attached hydrogens (tertiary/aromatic N) is 1. The maximum atomic E-state index is 12.8. The second-order valence-electron chi connectivity index (χ2n) is 6.76. The third-order valence-electron chi connectivity index (χ3n) is 4.49. The Kier molecular flexibility index (Phi) is 6.80. The van der Waals surface area contributed by atoms with Crippen LogP contribution in [0, 0.1) is 0 Å². The van der Waals surface area contributed by atoms with E-state index in [2.05, 4.69) is 9.97 Å². The van der Waals surface area contributed by atoms with Gasteiger partial charge in [0.25, 0.3) is 0 Å². The molecule has 2 N–H and O–H groups in total. The Hall–Kier alpha value is -4.09. The fraction of sp³-hybridized carbons (Fsp3) is 0.136. The summed E-state index contributed by atoms with van der Waals surface area (Å²) in [6.45, 7) is -0.630. The molecule has 0 fully saturated rings. The minimum Gasteiger partial charge on any atom is -0.481 e. The van der Waals surface area contributed by atoms with Crippen LogP contribution in [0.3, 0.4) is 0 Å². The molecule has 2 aromatic heterocycles. The van der Waals surface area contributed by atoms with E-state index in [9.17, 15) is 35.9 Å². The first kappa shape index (κ1) is 24.6. The predicted molar refractivity (Wildman–Crippen MR) is 109 cm³/mol. The Labute approximate surface area is 186 Å². The zero-order valence-corrected chi connectivity index (χ0v) is 16.9. The second kappa shape index (κ2) is 9.41. The number of fused-ring (bicyclic) bond motifs is 2. The van der Waals surface area contributed by atoms with Crippen molar-refractivity contribution >= 4 is 27.8 Å². The van der Waals surface area contributed by atoms with Crippen molar-refractivity contribution in [1.29, 1.82) is 0 Å². The number of aliphatic carboxylic acids is 1. The molecule has 0 aliphatic rings. The molecule has 6 nitrogen and oxygen atoms in total. The van der Waals surface area contributed by atoms with Crippen molar-refractivity contribution < 1.29 is 41.0 Å². The fourth-order valence-corrected chi connectivity index (χ4v) is 3.08. The number of halogens is 6. The van der Waals surface area contributed by atoms with Crippen LogP contribution in [-0.2, 0) is 17.1 Å². The molecule has 0 aliphatic carbocycles. The summed E-state index contributed by atoms with van der Waals surface area (Å²) in [7, 11) is 0. The first-order valence-electron chi connectivity index (χ1n) is 9.36. The number of benzene rings is 2. The minimum absolute atomic E-state index is 0.0484. The van der Waals surface area contributed by atoms with Crippen molar-refractivity contribution in [1.82, 2.24) is 9.97 Å². The number of para-hydroxylation sites is 2. The number of hydrogen-bond acceptors (Lipinski definition) is 4. The average Bonchev–Trinajstić information content (AvgIpc) is 2.76. The molecule has 178 valence electrons. The number of carbonyl (C=O) groups is 1. The van der Waals surface area contributed by atoms with Crippen LogP contribution in [0.1, 0.15) is 11.1 Å². The van der Waals surface area contributed by atoms with Crippen LogP contribution in [0.5, 0.6) is 5.75 Å². The van der Waals surface area contributed by atoms with Gasteiger partial charge < -0.3 is 14.8 Å². The third-order valence-corrected chi connectivity index (χ3v) is 4.49. The Balaban J connectivity index is 0.000000196. The number of H-pyrrole nitrogens is 1. The van der Waals surface area contributed by atoms with Gasteiger partial charge in [0.05, 0.1) is 22.2 Å².